The Hall–Kier alpha value is -0.140. The van der Waals surface area contributed by atoms with Gasteiger partial charge in [-0.3, -0.25) is 4.90 Å². The summed E-state index contributed by atoms with van der Waals surface area (Å²) in [7, 11) is -0.246. The lowest BCUT2D eigenvalue weighted by Gasteiger charge is -2.24. The second-order valence-corrected chi connectivity index (χ2v) is 8.16. The van der Waals surface area contributed by atoms with Crippen LogP contribution in [0.5, 0.6) is 0 Å². The Kier molecular flexibility index (Phi) is 8.42. The monoisotopic (exact) mass is 339 g/mol. The molecule has 126 valence electrons. The van der Waals surface area contributed by atoms with Crippen LogP contribution in [0.25, 0.3) is 0 Å². The summed E-state index contributed by atoms with van der Waals surface area (Å²) in [6.45, 7) is 11.1. The summed E-state index contributed by atoms with van der Waals surface area (Å²) in [6.07, 6.45) is 2.11. The van der Waals surface area contributed by atoms with Crippen molar-refractivity contribution in [2.24, 2.45) is 11.8 Å². The molecule has 0 aromatic rings. The van der Waals surface area contributed by atoms with Crippen molar-refractivity contribution < 1.29 is 8.42 Å². The van der Waals surface area contributed by atoms with Gasteiger partial charge in [0.05, 0.1) is 0 Å². The Bertz CT molecular complexity index is 449. The van der Waals surface area contributed by atoms with Gasteiger partial charge in [0.2, 0.25) is 0 Å². The van der Waals surface area contributed by atoms with Crippen LogP contribution in [-0.2, 0) is 10.2 Å². The summed E-state index contributed by atoms with van der Waals surface area (Å²) >= 11 is 0. The molecule has 1 aliphatic heterocycles. The number of hydrogen-bond acceptors (Lipinski definition) is 3. The first-order chi connectivity index (χ1) is 9.17. The van der Waals surface area contributed by atoms with Gasteiger partial charge in [-0.15, -0.1) is 12.4 Å². The standard InChI is InChI=1S/C14H29N3O2S.ClH/c1-7-12(4)8-17-9-13(11(2)3)14(10-17)15-20(18,19)16(5)6;/h7,11,13-15H,8-10H2,1-6H3;1H/t13-,14+;/m1./s1. The molecule has 0 aromatic carbocycles. The minimum Gasteiger partial charge on any atom is -0.297 e. The van der Waals surface area contributed by atoms with E-state index in [0.717, 1.165) is 19.6 Å². The van der Waals surface area contributed by atoms with Crippen molar-refractivity contribution in [3.05, 3.63) is 11.6 Å². The van der Waals surface area contributed by atoms with E-state index in [4.69, 9.17) is 0 Å². The maximum Gasteiger partial charge on any atom is 0.279 e. The maximum absolute atomic E-state index is 12.0. The van der Waals surface area contributed by atoms with Gasteiger partial charge >= 0.3 is 0 Å². The highest BCUT2D eigenvalue weighted by atomic mass is 35.5. The second-order valence-electron chi connectivity index (χ2n) is 6.25. The highest BCUT2D eigenvalue weighted by Crippen LogP contribution is 2.25. The Morgan fingerprint density at radius 2 is 1.95 bits per heavy atom. The zero-order valence-corrected chi connectivity index (χ0v) is 15.6. The minimum absolute atomic E-state index is 0. The van der Waals surface area contributed by atoms with Crippen molar-refractivity contribution in [2.75, 3.05) is 33.7 Å². The zero-order valence-electron chi connectivity index (χ0n) is 14.0. The molecule has 0 aromatic heterocycles. The van der Waals surface area contributed by atoms with Gasteiger partial charge in [0, 0.05) is 39.8 Å². The summed E-state index contributed by atoms with van der Waals surface area (Å²) in [4.78, 5) is 2.34. The van der Waals surface area contributed by atoms with Crippen molar-refractivity contribution in [3.8, 4) is 0 Å². The third kappa shape index (κ3) is 5.87. The number of nitrogens with zero attached hydrogens (tertiary/aromatic N) is 2. The summed E-state index contributed by atoms with van der Waals surface area (Å²) in [5.41, 5.74) is 1.32. The van der Waals surface area contributed by atoms with Gasteiger partial charge in [-0.2, -0.15) is 17.4 Å². The second kappa shape index (κ2) is 8.48. The summed E-state index contributed by atoms with van der Waals surface area (Å²) in [5, 5.41) is 0. The predicted octanol–water partition coefficient (Wildman–Crippen LogP) is 1.73. The van der Waals surface area contributed by atoms with Crippen molar-refractivity contribution in [2.45, 2.75) is 33.7 Å². The molecule has 2 atom stereocenters. The fourth-order valence-electron chi connectivity index (χ4n) is 2.58. The van der Waals surface area contributed by atoms with E-state index >= 15 is 0 Å². The van der Waals surface area contributed by atoms with Crippen LogP contribution >= 0.6 is 12.4 Å². The number of allylic oxidation sites excluding steroid dienone is 1. The normalized spacial score (nSPS) is 24.7. The van der Waals surface area contributed by atoms with E-state index in [9.17, 15) is 8.42 Å². The number of nitrogens with one attached hydrogen (secondary N) is 1. The van der Waals surface area contributed by atoms with Crippen LogP contribution in [0, 0.1) is 11.8 Å². The Balaban J connectivity index is 0.00000400. The summed E-state index contributed by atoms with van der Waals surface area (Å²) in [6, 6.07) is -0.00736. The molecule has 0 aliphatic carbocycles. The fraction of sp³-hybridized carbons (Fsp3) is 0.857. The molecule has 1 N–H and O–H groups in total. The van der Waals surface area contributed by atoms with E-state index in [-0.39, 0.29) is 18.4 Å². The third-order valence-corrected chi connectivity index (χ3v) is 5.61. The average Bonchev–Trinajstić information content (AvgIpc) is 2.70. The van der Waals surface area contributed by atoms with Crippen LogP contribution in [0.1, 0.15) is 27.7 Å². The highest BCUT2D eigenvalue weighted by Gasteiger charge is 2.37. The van der Waals surface area contributed by atoms with E-state index in [1.807, 2.05) is 6.92 Å². The molecule has 1 saturated heterocycles. The SMILES string of the molecule is CC=C(C)CN1C[C@H](NS(=O)(=O)N(C)C)[C@@H](C(C)C)C1.Cl. The molecular weight excluding hydrogens is 310 g/mol. The molecule has 1 fully saturated rings. The van der Waals surface area contributed by atoms with Gasteiger partial charge in [-0.1, -0.05) is 25.5 Å². The predicted molar refractivity (Wildman–Crippen MR) is 91.0 cm³/mol. The van der Waals surface area contributed by atoms with Gasteiger partial charge in [0.25, 0.3) is 10.2 Å². The minimum atomic E-state index is -3.36. The van der Waals surface area contributed by atoms with Crippen molar-refractivity contribution >= 4 is 22.6 Å². The number of likely N-dealkylation sites (tertiary alicyclic amines) is 1. The number of hydrogen-bond donors (Lipinski definition) is 1. The summed E-state index contributed by atoms with van der Waals surface area (Å²) in [5.74, 6) is 0.815. The molecule has 1 aliphatic rings. The van der Waals surface area contributed by atoms with Crippen molar-refractivity contribution in [1.29, 1.82) is 0 Å². The lowest BCUT2D eigenvalue weighted by Crippen LogP contribution is -2.46. The van der Waals surface area contributed by atoms with Gasteiger partial charge in [-0.05, 0) is 25.7 Å². The van der Waals surface area contributed by atoms with Crippen LogP contribution in [0.4, 0.5) is 0 Å². The maximum atomic E-state index is 12.0. The van der Waals surface area contributed by atoms with Crippen LogP contribution in [0.3, 0.4) is 0 Å². The molecule has 0 saturated carbocycles. The first-order valence-corrected chi connectivity index (χ1v) is 8.65. The molecule has 0 amide bonds. The molecule has 21 heavy (non-hydrogen) atoms. The topological polar surface area (TPSA) is 52.7 Å². The lowest BCUT2D eigenvalue weighted by atomic mass is 9.92. The Labute approximate surface area is 136 Å². The largest absolute Gasteiger partial charge is 0.297 e. The van der Waals surface area contributed by atoms with Gasteiger partial charge < -0.3 is 0 Å². The van der Waals surface area contributed by atoms with Crippen molar-refractivity contribution in [1.82, 2.24) is 13.9 Å². The molecule has 1 rings (SSSR count). The van der Waals surface area contributed by atoms with Gasteiger partial charge in [-0.25, -0.2) is 0 Å². The molecule has 0 unspecified atom stereocenters. The molecule has 0 bridgehead atoms. The van der Waals surface area contributed by atoms with E-state index < -0.39 is 10.2 Å². The van der Waals surface area contributed by atoms with Crippen LogP contribution < -0.4 is 4.72 Å². The van der Waals surface area contributed by atoms with E-state index in [1.54, 1.807) is 14.1 Å². The van der Waals surface area contributed by atoms with E-state index in [0.29, 0.717) is 11.8 Å². The molecular formula is C14H30ClN3O2S. The smallest absolute Gasteiger partial charge is 0.279 e. The number of rotatable bonds is 6. The quantitative estimate of drug-likeness (QED) is 0.750. The van der Waals surface area contributed by atoms with Crippen LogP contribution in [0.2, 0.25) is 0 Å². The molecule has 1 heterocycles. The molecule has 0 spiro atoms. The average molecular weight is 340 g/mol. The highest BCUT2D eigenvalue weighted by molar-refractivity contribution is 7.87. The van der Waals surface area contributed by atoms with Crippen LogP contribution in [-0.4, -0.2) is 57.4 Å². The third-order valence-electron chi connectivity index (χ3n) is 4.04. The molecule has 5 nitrogen and oxygen atoms in total. The first kappa shape index (κ1) is 20.9. The Morgan fingerprint density at radius 1 is 1.38 bits per heavy atom. The van der Waals surface area contributed by atoms with Gasteiger partial charge in [0.15, 0.2) is 0 Å². The zero-order chi connectivity index (χ0) is 15.5. The van der Waals surface area contributed by atoms with E-state index in [1.165, 1.54) is 9.88 Å². The summed E-state index contributed by atoms with van der Waals surface area (Å²) < 4.78 is 28.1. The Morgan fingerprint density at radius 3 is 2.38 bits per heavy atom. The fourth-order valence-corrected chi connectivity index (χ4v) is 3.43. The van der Waals surface area contributed by atoms with E-state index in [2.05, 4.69) is 36.5 Å². The van der Waals surface area contributed by atoms with Gasteiger partial charge in [0.1, 0.15) is 0 Å². The van der Waals surface area contributed by atoms with Crippen molar-refractivity contribution in [3.63, 3.8) is 0 Å². The number of halogens is 1. The lowest BCUT2D eigenvalue weighted by molar-refractivity contribution is 0.319. The first-order valence-electron chi connectivity index (χ1n) is 7.21. The molecule has 7 heteroatoms. The molecule has 0 radical (unpaired) electrons. The van der Waals surface area contributed by atoms with Crippen LogP contribution in [0.15, 0.2) is 11.6 Å².